The number of aromatic nitrogens is 1. The number of benzene rings is 1. The van der Waals surface area contributed by atoms with E-state index < -0.39 is 0 Å². The molecule has 0 amide bonds. The summed E-state index contributed by atoms with van der Waals surface area (Å²) in [5.41, 5.74) is 2.93. The average molecular weight is 231 g/mol. The molecular formula is C15H9N3. The molecule has 1 heterocycles. The Hall–Kier alpha value is -2.91. The second-order valence-electron chi connectivity index (χ2n) is 3.65. The van der Waals surface area contributed by atoms with Crippen LogP contribution < -0.4 is 0 Å². The SMILES string of the molecule is N#CC(C#N)=Cc1cccc(-c2cccnc2)c1. The van der Waals surface area contributed by atoms with Crippen molar-refractivity contribution in [2.24, 2.45) is 0 Å². The number of rotatable bonds is 2. The van der Waals surface area contributed by atoms with Gasteiger partial charge in [0.25, 0.3) is 0 Å². The molecule has 3 nitrogen and oxygen atoms in total. The summed E-state index contributed by atoms with van der Waals surface area (Å²) in [5.74, 6) is 0. The average Bonchev–Trinajstić information content (AvgIpc) is 2.46. The van der Waals surface area contributed by atoms with Crippen LogP contribution in [0.4, 0.5) is 0 Å². The van der Waals surface area contributed by atoms with Gasteiger partial charge in [0.1, 0.15) is 17.7 Å². The molecule has 1 aromatic heterocycles. The zero-order chi connectivity index (χ0) is 12.8. The van der Waals surface area contributed by atoms with Crippen molar-refractivity contribution in [3.8, 4) is 23.3 Å². The Bertz CT molecular complexity index is 642. The van der Waals surface area contributed by atoms with E-state index in [0.29, 0.717) is 0 Å². The molecule has 2 aromatic rings. The zero-order valence-electron chi connectivity index (χ0n) is 9.54. The van der Waals surface area contributed by atoms with E-state index in [2.05, 4.69) is 4.98 Å². The molecule has 84 valence electrons. The third-order valence-corrected chi connectivity index (χ3v) is 2.43. The number of allylic oxidation sites excluding steroid dienone is 1. The van der Waals surface area contributed by atoms with E-state index in [1.807, 2.05) is 48.5 Å². The lowest BCUT2D eigenvalue weighted by molar-refractivity contribution is 1.33. The lowest BCUT2D eigenvalue weighted by Crippen LogP contribution is -1.81. The summed E-state index contributed by atoms with van der Waals surface area (Å²) >= 11 is 0. The molecule has 0 bridgehead atoms. The lowest BCUT2D eigenvalue weighted by Gasteiger charge is -2.01. The zero-order valence-corrected chi connectivity index (χ0v) is 9.54. The number of pyridine rings is 1. The largest absolute Gasteiger partial charge is 0.264 e. The molecule has 0 aliphatic carbocycles. The Labute approximate surface area is 105 Å². The summed E-state index contributed by atoms with van der Waals surface area (Å²) < 4.78 is 0. The molecule has 0 aliphatic heterocycles. The van der Waals surface area contributed by atoms with Gasteiger partial charge < -0.3 is 0 Å². The third-order valence-electron chi connectivity index (χ3n) is 2.43. The molecule has 2 rings (SSSR count). The molecule has 1 aromatic carbocycles. The normalized spacial score (nSPS) is 9.00. The number of nitrogens with zero attached hydrogens (tertiary/aromatic N) is 3. The minimum atomic E-state index is 0.0957. The molecule has 0 spiro atoms. The molecule has 0 atom stereocenters. The molecule has 0 unspecified atom stereocenters. The van der Waals surface area contributed by atoms with Crippen LogP contribution in [0.2, 0.25) is 0 Å². The number of nitriles is 2. The summed E-state index contributed by atoms with van der Waals surface area (Å²) in [6, 6.07) is 15.2. The van der Waals surface area contributed by atoms with Gasteiger partial charge >= 0.3 is 0 Å². The third kappa shape index (κ3) is 2.61. The van der Waals surface area contributed by atoms with Crippen LogP contribution in [-0.2, 0) is 0 Å². The summed E-state index contributed by atoms with van der Waals surface area (Å²) in [7, 11) is 0. The monoisotopic (exact) mass is 231 g/mol. The van der Waals surface area contributed by atoms with E-state index in [-0.39, 0.29) is 5.57 Å². The predicted molar refractivity (Wildman–Crippen MR) is 68.9 cm³/mol. The maximum atomic E-state index is 8.72. The first kappa shape index (κ1) is 11.6. The van der Waals surface area contributed by atoms with Crippen molar-refractivity contribution in [2.75, 3.05) is 0 Å². The van der Waals surface area contributed by atoms with Gasteiger partial charge in [-0.3, -0.25) is 4.98 Å². The van der Waals surface area contributed by atoms with E-state index in [9.17, 15) is 0 Å². The first-order valence-corrected chi connectivity index (χ1v) is 5.36. The van der Waals surface area contributed by atoms with Crippen LogP contribution in [0.3, 0.4) is 0 Å². The van der Waals surface area contributed by atoms with Gasteiger partial charge in [0.15, 0.2) is 0 Å². The van der Waals surface area contributed by atoms with Crippen LogP contribution in [0.15, 0.2) is 54.4 Å². The Morgan fingerprint density at radius 2 is 1.83 bits per heavy atom. The summed E-state index contributed by atoms with van der Waals surface area (Å²) in [6.45, 7) is 0. The smallest absolute Gasteiger partial charge is 0.130 e. The second kappa shape index (κ2) is 5.43. The Kier molecular flexibility index (Phi) is 3.49. The summed E-state index contributed by atoms with van der Waals surface area (Å²) in [5, 5.41) is 17.4. The van der Waals surface area contributed by atoms with Crippen molar-refractivity contribution in [1.82, 2.24) is 4.98 Å². The molecule has 0 fully saturated rings. The van der Waals surface area contributed by atoms with E-state index in [4.69, 9.17) is 10.5 Å². The lowest BCUT2D eigenvalue weighted by atomic mass is 10.0. The van der Waals surface area contributed by atoms with Crippen molar-refractivity contribution < 1.29 is 0 Å². The van der Waals surface area contributed by atoms with Crippen molar-refractivity contribution in [3.05, 3.63) is 59.9 Å². The van der Waals surface area contributed by atoms with Crippen LogP contribution in [0.25, 0.3) is 17.2 Å². The summed E-state index contributed by atoms with van der Waals surface area (Å²) in [6.07, 6.45) is 5.06. The van der Waals surface area contributed by atoms with Crippen molar-refractivity contribution >= 4 is 6.08 Å². The molecule has 0 radical (unpaired) electrons. The molecule has 0 aliphatic rings. The predicted octanol–water partition coefficient (Wildman–Crippen LogP) is 3.18. The molecule has 3 heteroatoms. The maximum Gasteiger partial charge on any atom is 0.130 e. The molecule has 0 N–H and O–H groups in total. The Morgan fingerprint density at radius 3 is 2.50 bits per heavy atom. The van der Waals surface area contributed by atoms with Gasteiger partial charge in [-0.2, -0.15) is 10.5 Å². The highest BCUT2D eigenvalue weighted by molar-refractivity contribution is 5.69. The van der Waals surface area contributed by atoms with Crippen LogP contribution >= 0.6 is 0 Å². The van der Waals surface area contributed by atoms with Gasteiger partial charge in [-0.05, 0) is 29.3 Å². The molecule has 0 saturated heterocycles. The van der Waals surface area contributed by atoms with Crippen molar-refractivity contribution in [2.45, 2.75) is 0 Å². The van der Waals surface area contributed by atoms with Gasteiger partial charge in [-0.25, -0.2) is 0 Å². The fourth-order valence-electron chi connectivity index (χ4n) is 1.60. The van der Waals surface area contributed by atoms with E-state index in [0.717, 1.165) is 16.7 Å². The van der Waals surface area contributed by atoms with Gasteiger partial charge in [-0.1, -0.05) is 24.3 Å². The molecule has 0 saturated carbocycles. The van der Waals surface area contributed by atoms with Crippen LogP contribution in [0.1, 0.15) is 5.56 Å². The van der Waals surface area contributed by atoms with E-state index in [1.54, 1.807) is 18.5 Å². The first-order chi connectivity index (χ1) is 8.83. The van der Waals surface area contributed by atoms with Crippen LogP contribution in [-0.4, -0.2) is 4.98 Å². The molecule has 18 heavy (non-hydrogen) atoms. The second-order valence-corrected chi connectivity index (χ2v) is 3.65. The van der Waals surface area contributed by atoms with Crippen molar-refractivity contribution in [1.29, 1.82) is 10.5 Å². The maximum absolute atomic E-state index is 8.72. The van der Waals surface area contributed by atoms with Crippen LogP contribution in [0.5, 0.6) is 0 Å². The summed E-state index contributed by atoms with van der Waals surface area (Å²) in [4.78, 5) is 4.06. The highest BCUT2D eigenvalue weighted by atomic mass is 14.6. The van der Waals surface area contributed by atoms with Crippen LogP contribution in [0, 0.1) is 22.7 Å². The molecular weight excluding hydrogens is 222 g/mol. The quantitative estimate of drug-likeness (QED) is 0.746. The topological polar surface area (TPSA) is 60.5 Å². The van der Waals surface area contributed by atoms with E-state index in [1.165, 1.54) is 0 Å². The van der Waals surface area contributed by atoms with Gasteiger partial charge in [0.2, 0.25) is 0 Å². The number of hydrogen-bond donors (Lipinski definition) is 0. The fraction of sp³-hybridized carbons (Fsp3) is 0. The fourth-order valence-corrected chi connectivity index (χ4v) is 1.60. The minimum absolute atomic E-state index is 0.0957. The first-order valence-electron chi connectivity index (χ1n) is 5.36. The standard InChI is InChI=1S/C15H9N3/c16-9-13(10-17)7-12-3-1-4-14(8-12)15-5-2-6-18-11-15/h1-8,11H. The highest BCUT2D eigenvalue weighted by Crippen LogP contribution is 2.20. The Balaban J connectivity index is 2.42. The van der Waals surface area contributed by atoms with Gasteiger partial charge in [0.05, 0.1) is 0 Å². The van der Waals surface area contributed by atoms with Gasteiger partial charge in [-0.15, -0.1) is 0 Å². The Morgan fingerprint density at radius 1 is 1.06 bits per heavy atom. The highest BCUT2D eigenvalue weighted by Gasteiger charge is 1.99. The minimum Gasteiger partial charge on any atom is -0.264 e. The van der Waals surface area contributed by atoms with E-state index >= 15 is 0 Å². The van der Waals surface area contributed by atoms with Gasteiger partial charge in [0, 0.05) is 18.0 Å². The number of hydrogen-bond acceptors (Lipinski definition) is 3. The van der Waals surface area contributed by atoms with Crippen molar-refractivity contribution in [3.63, 3.8) is 0 Å².